The van der Waals surface area contributed by atoms with Crippen LogP contribution in [-0.2, 0) is 4.79 Å². The van der Waals surface area contributed by atoms with Gasteiger partial charge in [0.2, 0.25) is 11.8 Å². The fourth-order valence-electron chi connectivity index (χ4n) is 1.79. The van der Waals surface area contributed by atoms with E-state index in [1.807, 2.05) is 0 Å². The summed E-state index contributed by atoms with van der Waals surface area (Å²) in [6.45, 7) is 1.76. The van der Waals surface area contributed by atoms with Crippen LogP contribution >= 0.6 is 35.0 Å². The van der Waals surface area contributed by atoms with E-state index in [0.29, 0.717) is 26.2 Å². The average molecular weight is 369 g/mol. The van der Waals surface area contributed by atoms with Crippen molar-refractivity contribution in [1.29, 1.82) is 0 Å². The Kier molecular flexibility index (Phi) is 5.93. The lowest BCUT2D eigenvalue weighted by Crippen LogP contribution is -2.22. The minimum Gasteiger partial charge on any atom is -0.366 e. The molecule has 0 aliphatic heterocycles. The highest BCUT2D eigenvalue weighted by Gasteiger charge is 2.18. The Morgan fingerprint density at radius 2 is 1.65 bits per heavy atom. The molecule has 2 aromatic carbocycles. The van der Waals surface area contributed by atoms with Gasteiger partial charge in [0.05, 0.1) is 15.3 Å². The monoisotopic (exact) mass is 368 g/mol. The summed E-state index contributed by atoms with van der Waals surface area (Å²) < 4.78 is 0. The van der Waals surface area contributed by atoms with Crippen LogP contribution in [0.25, 0.3) is 0 Å². The molecule has 4 nitrogen and oxygen atoms in total. The van der Waals surface area contributed by atoms with Gasteiger partial charge in [0.15, 0.2) is 0 Å². The lowest BCUT2D eigenvalue weighted by atomic mass is 10.2. The van der Waals surface area contributed by atoms with Crippen LogP contribution in [0.4, 0.5) is 5.69 Å². The molecule has 0 bridgehead atoms. The first kappa shape index (κ1) is 17.7. The number of carbonyl (C=O) groups is 2. The number of amides is 2. The van der Waals surface area contributed by atoms with Gasteiger partial charge < -0.3 is 11.1 Å². The number of rotatable bonds is 5. The molecule has 0 aliphatic carbocycles. The molecule has 7 heteroatoms. The van der Waals surface area contributed by atoms with Gasteiger partial charge in [-0.15, -0.1) is 11.8 Å². The van der Waals surface area contributed by atoms with E-state index >= 15 is 0 Å². The van der Waals surface area contributed by atoms with Crippen molar-refractivity contribution >= 4 is 52.5 Å². The van der Waals surface area contributed by atoms with E-state index in [0.717, 1.165) is 0 Å². The van der Waals surface area contributed by atoms with E-state index in [-0.39, 0.29) is 5.91 Å². The molecule has 0 saturated carbocycles. The fourth-order valence-corrected chi connectivity index (χ4v) is 3.33. The molecular weight excluding hydrogens is 355 g/mol. The van der Waals surface area contributed by atoms with Crippen molar-refractivity contribution in [3.63, 3.8) is 0 Å². The van der Waals surface area contributed by atoms with Crippen molar-refractivity contribution < 1.29 is 9.59 Å². The second-order valence-corrected chi connectivity index (χ2v) is 6.91. The summed E-state index contributed by atoms with van der Waals surface area (Å²) in [6.07, 6.45) is 0. The van der Waals surface area contributed by atoms with Crippen LogP contribution in [0, 0.1) is 0 Å². The number of nitrogens with two attached hydrogens (primary N) is 1. The molecule has 1 unspecified atom stereocenters. The summed E-state index contributed by atoms with van der Waals surface area (Å²) in [5.41, 5.74) is 6.14. The largest absolute Gasteiger partial charge is 0.366 e. The van der Waals surface area contributed by atoms with Gasteiger partial charge in [0, 0.05) is 16.1 Å². The number of thioether (sulfide) groups is 1. The molecule has 3 N–H and O–H groups in total. The number of anilines is 1. The second kappa shape index (κ2) is 7.73. The predicted octanol–water partition coefficient (Wildman–Crippen LogP) is 4.21. The number of hydrogen-bond donors (Lipinski definition) is 2. The molecule has 0 fully saturated rings. The van der Waals surface area contributed by atoms with Gasteiger partial charge in [-0.05, 0) is 43.3 Å². The molecule has 0 aliphatic rings. The maximum absolute atomic E-state index is 12.2. The number of benzene rings is 2. The highest BCUT2D eigenvalue weighted by Crippen LogP contribution is 2.36. The zero-order chi connectivity index (χ0) is 17.0. The quantitative estimate of drug-likeness (QED) is 0.776. The Labute approximate surface area is 148 Å². The molecule has 0 radical (unpaired) electrons. The Morgan fingerprint density at radius 1 is 1.09 bits per heavy atom. The molecule has 23 heavy (non-hydrogen) atoms. The topological polar surface area (TPSA) is 72.2 Å². The first-order valence-electron chi connectivity index (χ1n) is 6.70. The van der Waals surface area contributed by atoms with Crippen LogP contribution < -0.4 is 11.1 Å². The Morgan fingerprint density at radius 3 is 2.17 bits per heavy atom. The van der Waals surface area contributed by atoms with Crippen molar-refractivity contribution in [2.75, 3.05) is 5.32 Å². The molecule has 0 heterocycles. The zero-order valence-corrected chi connectivity index (χ0v) is 14.5. The van der Waals surface area contributed by atoms with Crippen molar-refractivity contribution in [3.8, 4) is 0 Å². The van der Waals surface area contributed by atoms with Crippen LogP contribution in [0.15, 0.2) is 47.4 Å². The highest BCUT2D eigenvalue weighted by molar-refractivity contribution is 8.00. The fraction of sp³-hybridized carbons (Fsp3) is 0.125. The molecule has 1 atom stereocenters. The Hall–Kier alpha value is -1.69. The van der Waals surface area contributed by atoms with Gasteiger partial charge in [-0.25, -0.2) is 0 Å². The summed E-state index contributed by atoms with van der Waals surface area (Å²) >= 11 is 13.5. The number of nitrogens with one attached hydrogen (secondary N) is 1. The number of halogens is 2. The molecular formula is C16H14Cl2N2O2S. The molecule has 0 saturated heterocycles. The van der Waals surface area contributed by atoms with Crippen LogP contribution in [0.1, 0.15) is 17.3 Å². The predicted molar refractivity (Wildman–Crippen MR) is 95.4 cm³/mol. The van der Waals surface area contributed by atoms with Crippen LogP contribution in [0.5, 0.6) is 0 Å². The Bertz CT molecular complexity index is 715. The standard InChI is InChI=1S/C16H14Cl2N2O2S/c1-9(23-14-12(17)3-2-4-13(14)18)16(22)20-11-7-5-10(6-8-11)15(19)21/h2-9H,1H3,(H2,19,21)(H,20,22). The maximum atomic E-state index is 12.2. The van der Waals surface area contributed by atoms with Crippen LogP contribution in [0.3, 0.4) is 0 Å². The summed E-state index contributed by atoms with van der Waals surface area (Å²) in [6, 6.07) is 11.6. The van der Waals surface area contributed by atoms with Gasteiger partial charge >= 0.3 is 0 Å². The van der Waals surface area contributed by atoms with Crippen molar-refractivity contribution in [2.45, 2.75) is 17.1 Å². The smallest absolute Gasteiger partial charge is 0.248 e. The molecule has 2 amide bonds. The minimum absolute atomic E-state index is 0.196. The van der Waals surface area contributed by atoms with Crippen LogP contribution in [0.2, 0.25) is 10.0 Å². The van der Waals surface area contributed by atoms with E-state index in [2.05, 4.69) is 5.32 Å². The van der Waals surface area contributed by atoms with Gasteiger partial charge in [-0.3, -0.25) is 9.59 Å². The third-order valence-electron chi connectivity index (χ3n) is 3.02. The number of hydrogen-bond acceptors (Lipinski definition) is 3. The molecule has 0 aromatic heterocycles. The summed E-state index contributed by atoms with van der Waals surface area (Å²) in [5, 5.41) is 3.38. The lowest BCUT2D eigenvalue weighted by Gasteiger charge is -2.14. The number of primary amides is 1. The lowest BCUT2D eigenvalue weighted by molar-refractivity contribution is -0.115. The van der Waals surface area contributed by atoms with Crippen molar-refractivity contribution in [3.05, 3.63) is 58.1 Å². The average Bonchev–Trinajstić information content (AvgIpc) is 2.51. The van der Waals surface area contributed by atoms with Crippen LogP contribution in [-0.4, -0.2) is 17.1 Å². The summed E-state index contributed by atoms with van der Waals surface area (Å²) in [5.74, 6) is -0.710. The van der Waals surface area contributed by atoms with E-state index in [4.69, 9.17) is 28.9 Å². The third kappa shape index (κ3) is 4.64. The maximum Gasteiger partial charge on any atom is 0.248 e. The summed E-state index contributed by atoms with van der Waals surface area (Å²) in [4.78, 5) is 23.9. The van der Waals surface area contributed by atoms with Gasteiger partial charge in [-0.2, -0.15) is 0 Å². The van der Waals surface area contributed by atoms with E-state index in [1.165, 1.54) is 11.8 Å². The molecule has 2 aromatic rings. The summed E-state index contributed by atoms with van der Waals surface area (Å²) in [7, 11) is 0. The third-order valence-corrected chi connectivity index (χ3v) is 5.12. The molecule has 120 valence electrons. The minimum atomic E-state index is -0.514. The molecule has 0 spiro atoms. The van der Waals surface area contributed by atoms with Crippen molar-refractivity contribution in [1.82, 2.24) is 0 Å². The van der Waals surface area contributed by atoms with Gasteiger partial charge in [0.1, 0.15) is 0 Å². The van der Waals surface area contributed by atoms with E-state index in [9.17, 15) is 9.59 Å². The van der Waals surface area contributed by atoms with Gasteiger partial charge in [-0.1, -0.05) is 29.3 Å². The van der Waals surface area contributed by atoms with Gasteiger partial charge in [0.25, 0.3) is 0 Å². The first-order valence-corrected chi connectivity index (χ1v) is 8.33. The first-order chi connectivity index (χ1) is 10.9. The SMILES string of the molecule is CC(Sc1c(Cl)cccc1Cl)C(=O)Nc1ccc(C(N)=O)cc1. The zero-order valence-electron chi connectivity index (χ0n) is 12.2. The van der Waals surface area contributed by atoms with Crippen molar-refractivity contribution in [2.24, 2.45) is 5.73 Å². The second-order valence-electron chi connectivity index (χ2n) is 4.74. The molecule has 2 rings (SSSR count). The van der Waals surface area contributed by atoms with E-state index < -0.39 is 11.2 Å². The normalized spacial score (nSPS) is 11.8. The number of carbonyl (C=O) groups excluding carboxylic acids is 2. The van der Waals surface area contributed by atoms with E-state index in [1.54, 1.807) is 49.4 Å². The Balaban J connectivity index is 2.04. The highest BCUT2D eigenvalue weighted by atomic mass is 35.5.